The van der Waals surface area contributed by atoms with Gasteiger partial charge in [-0.15, -0.1) is 0 Å². The van der Waals surface area contributed by atoms with Crippen molar-refractivity contribution in [1.82, 2.24) is 4.98 Å². The van der Waals surface area contributed by atoms with Gasteiger partial charge in [-0.2, -0.15) is 0 Å². The van der Waals surface area contributed by atoms with Crippen LogP contribution in [0.2, 0.25) is 5.02 Å². The average Bonchev–Trinajstić information content (AvgIpc) is 2.64. The fourth-order valence-electron chi connectivity index (χ4n) is 2.17. The molecule has 3 rings (SSSR count). The summed E-state index contributed by atoms with van der Waals surface area (Å²) in [6.45, 7) is 0. The molecule has 0 saturated heterocycles. The maximum Gasteiger partial charge on any atom is 0.255 e. The molecule has 0 spiro atoms. The van der Waals surface area contributed by atoms with Gasteiger partial charge in [-0.1, -0.05) is 11.6 Å². The summed E-state index contributed by atoms with van der Waals surface area (Å²) in [4.78, 5) is 16.5. The molecule has 1 amide bonds. The summed E-state index contributed by atoms with van der Waals surface area (Å²) in [5.74, 6) is 1.25. The lowest BCUT2D eigenvalue weighted by Gasteiger charge is -2.08. The SMILES string of the molecule is COc1ccc(Nc2ccc(NC(=O)c3ccc(Cl)cc3)cn2)cc1. The number of hydrogen-bond acceptors (Lipinski definition) is 4. The average molecular weight is 354 g/mol. The third-order valence-electron chi connectivity index (χ3n) is 3.49. The van der Waals surface area contributed by atoms with Crippen molar-refractivity contribution < 1.29 is 9.53 Å². The number of aromatic nitrogens is 1. The van der Waals surface area contributed by atoms with Crippen molar-refractivity contribution in [2.24, 2.45) is 0 Å². The molecule has 2 aromatic carbocycles. The molecule has 0 aliphatic rings. The maximum absolute atomic E-state index is 12.2. The molecule has 3 aromatic rings. The number of carbonyl (C=O) groups excluding carboxylic acids is 1. The first kappa shape index (κ1) is 16.8. The van der Waals surface area contributed by atoms with Crippen LogP contribution in [0.3, 0.4) is 0 Å². The van der Waals surface area contributed by atoms with E-state index in [1.807, 2.05) is 24.3 Å². The number of methoxy groups -OCH3 is 1. The molecule has 0 bridgehead atoms. The van der Waals surface area contributed by atoms with Gasteiger partial charge in [0.15, 0.2) is 0 Å². The standard InChI is InChI=1S/C19H16ClN3O2/c1-25-17-9-6-15(7-10-17)22-18-11-8-16(12-21-18)23-19(24)13-2-4-14(20)5-3-13/h2-12H,1H3,(H,21,22)(H,23,24). The van der Waals surface area contributed by atoms with Gasteiger partial charge >= 0.3 is 0 Å². The zero-order valence-electron chi connectivity index (χ0n) is 13.5. The molecule has 6 heteroatoms. The lowest BCUT2D eigenvalue weighted by molar-refractivity contribution is 0.102. The second-order valence-electron chi connectivity index (χ2n) is 5.25. The highest BCUT2D eigenvalue weighted by Crippen LogP contribution is 2.20. The van der Waals surface area contributed by atoms with E-state index >= 15 is 0 Å². The normalized spacial score (nSPS) is 10.2. The number of pyridine rings is 1. The molecule has 25 heavy (non-hydrogen) atoms. The number of nitrogens with one attached hydrogen (secondary N) is 2. The number of nitrogens with zero attached hydrogens (tertiary/aromatic N) is 1. The molecular formula is C19H16ClN3O2. The Morgan fingerprint density at radius 3 is 2.24 bits per heavy atom. The van der Waals surface area contributed by atoms with Gasteiger partial charge < -0.3 is 15.4 Å². The number of benzene rings is 2. The third-order valence-corrected chi connectivity index (χ3v) is 3.74. The van der Waals surface area contributed by atoms with E-state index in [9.17, 15) is 4.79 Å². The number of ether oxygens (including phenoxy) is 1. The van der Waals surface area contributed by atoms with Crippen LogP contribution in [0.25, 0.3) is 0 Å². The van der Waals surface area contributed by atoms with E-state index in [2.05, 4.69) is 15.6 Å². The van der Waals surface area contributed by atoms with Crippen LogP contribution < -0.4 is 15.4 Å². The van der Waals surface area contributed by atoms with Gasteiger partial charge in [0.1, 0.15) is 11.6 Å². The maximum atomic E-state index is 12.2. The van der Waals surface area contributed by atoms with Crippen molar-refractivity contribution in [3.63, 3.8) is 0 Å². The van der Waals surface area contributed by atoms with Gasteiger partial charge in [-0.25, -0.2) is 4.98 Å². The van der Waals surface area contributed by atoms with E-state index < -0.39 is 0 Å². The predicted octanol–water partition coefficient (Wildman–Crippen LogP) is 4.74. The number of carbonyl (C=O) groups is 1. The van der Waals surface area contributed by atoms with Gasteiger partial charge in [-0.05, 0) is 60.7 Å². The lowest BCUT2D eigenvalue weighted by Crippen LogP contribution is -2.11. The number of hydrogen-bond donors (Lipinski definition) is 2. The van der Waals surface area contributed by atoms with Crippen LogP contribution in [-0.4, -0.2) is 18.0 Å². The fraction of sp³-hybridized carbons (Fsp3) is 0.0526. The molecule has 0 atom stereocenters. The molecule has 2 N–H and O–H groups in total. The Hall–Kier alpha value is -3.05. The highest BCUT2D eigenvalue weighted by Gasteiger charge is 2.06. The summed E-state index contributed by atoms with van der Waals surface area (Å²) in [6, 6.07) is 17.8. The van der Waals surface area contributed by atoms with Crippen LogP contribution in [0.15, 0.2) is 66.9 Å². The monoisotopic (exact) mass is 353 g/mol. The Balaban J connectivity index is 1.63. The van der Waals surface area contributed by atoms with E-state index in [0.29, 0.717) is 22.1 Å². The Morgan fingerprint density at radius 2 is 1.64 bits per heavy atom. The number of rotatable bonds is 5. The van der Waals surface area contributed by atoms with E-state index in [4.69, 9.17) is 16.3 Å². The summed E-state index contributed by atoms with van der Waals surface area (Å²) in [5, 5.41) is 6.56. The molecule has 5 nitrogen and oxygen atoms in total. The van der Waals surface area contributed by atoms with Crippen molar-refractivity contribution in [1.29, 1.82) is 0 Å². The summed E-state index contributed by atoms with van der Waals surface area (Å²) >= 11 is 5.82. The predicted molar refractivity (Wildman–Crippen MR) is 99.9 cm³/mol. The molecule has 0 unspecified atom stereocenters. The zero-order valence-corrected chi connectivity index (χ0v) is 14.2. The van der Waals surface area contributed by atoms with Gasteiger partial charge in [0.25, 0.3) is 5.91 Å². The third kappa shape index (κ3) is 4.49. The zero-order chi connectivity index (χ0) is 17.6. The molecule has 0 saturated carbocycles. The van der Waals surface area contributed by atoms with Gasteiger partial charge in [0, 0.05) is 16.3 Å². The van der Waals surface area contributed by atoms with E-state index in [1.165, 1.54) is 0 Å². The van der Waals surface area contributed by atoms with E-state index in [1.54, 1.807) is 49.7 Å². The molecule has 0 aliphatic carbocycles. The smallest absolute Gasteiger partial charge is 0.255 e. The largest absolute Gasteiger partial charge is 0.497 e. The van der Waals surface area contributed by atoms with Crippen molar-refractivity contribution in [3.8, 4) is 5.75 Å². The van der Waals surface area contributed by atoms with Gasteiger partial charge in [-0.3, -0.25) is 4.79 Å². The van der Waals surface area contributed by atoms with Crippen molar-refractivity contribution in [2.45, 2.75) is 0 Å². The first-order chi connectivity index (χ1) is 12.1. The van der Waals surface area contributed by atoms with Crippen LogP contribution in [0.4, 0.5) is 17.2 Å². The first-order valence-corrected chi connectivity index (χ1v) is 7.96. The Labute approximate surface area is 150 Å². The summed E-state index contributed by atoms with van der Waals surface area (Å²) < 4.78 is 5.12. The molecule has 0 aliphatic heterocycles. The van der Waals surface area contributed by atoms with E-state index in [-0.39, 0.29) is 5.91 Å². The number of amides is 1. The number of halogens is 1. The highest BCUT2D eigenvalue weighted by molar-refractivity contribution is 6.30. The minimum absolute atomic E-state index is 0.214. The lowest BCUT2D eigenvalue weighted by atomic mass is 10.2. The molecule has 126 valence electrons. The quantitative estimate of drug-likeness (QED) is 0.695. The van der Waals surface area contributed by atoms with E-state index in [0.717, 1.165) is 11.4 Å². The first-order valence-electron chi connectivity index (χ1n) is 7.58. The van der Waals surface area contributed by atoms with Gasteiger partial charge in [0.2, 0.25) is 0 Å². The minimum atomic E-state index is -0.214. The Bertz CT molecular complexity index is 847. The summed E-state index contributed by atoms with van der Waals surface area (Å²) in [6.07, 6.45) is 1.60. The van der Waals surface area contributed by atoms with Crippen LogP contribution >= 0.6 is 11.6 Å². The van der Waals surface area contributed by atoms with Crippen LogP contribution in [-0.2, 0) is 0 Å². The molecule has 1 heterocycles. The van der Waals surface area contributed by atoms with Crippen LogP contribution in [0, 0.1) is 0 Å². The molecular weight excluding hydrogens is 338 g/mol. The topological polar surface area (TPSA) is 63.2 Å². The Kier molecular flexibility index (Phi) is 5.16. The molecule has 0 radical (unpaired) electrons. The summed E-state index contributed by atoms with van der Waals surface area (Å²) in [7, 11) is 1.63. The fourth-order valence-corrected chi connectivity index (χ4v) is 2.29. The highest BCUT2D eigenvalue weighted by atomic mass is 35.5. The second kappa shape index (κ2) is 7.68. The van der Waals surface area contributed by atoms with Crippen molar-refractivity contribution in [2.75, 3.05) is 17.7 Å². The molecule has 1 aromatic heterocycles. The minimum Gasteiger partial charge on any atom is -0.497 e. The van der Waals surface area contributed by atoms with Crippen LogP contribution in [0.1, 0.15) is 10.4 Å². The summed E-state index contributed by atoms with van der Waals surface area (Å²) in [5.41, 5.74) is 2.04. The Morgan fingerprint density at radius 1 is 0.960 bits per heavy atom. The van der Waals surface area contributed by atoms with Gasteiger partial charge in [0.05, 0.1) is 19.0 Å². The van der Waals surface area contributed by atoms with Crippen LogP contribution in [0.5, 0.6) is 5.75 Å². The molecule has 0 fully saturated rings. The number of anilines is 3. The second-order valence-corrected chi connectivity index (χ2v) is 5.68. The van der Waals surface area contributed by atoms with Crippen molar-refractivity contribution >= 4 is 34.7 Å². The van der Waals surface area contributed by atoms with Crippen molar-refractivity contribution in [3.05, 3.63) is 77.4 Å².